The lowest BCUT2D eigenvalue weighted by Gasteiger charge is -2.30. The van der Waals surface area contributed by atoms with Crippen LogP contribution >= 0.6 is 11.6 Å². The van der Waals surface area contributed by atoms with Crippen molar-refractivity contribution >= 4 is 33.2 Å². The summed E-state index contributed by atoms with van der Waals surface area (Å²) in [7, 11) is -3.55. The highest BCUT2D eigenvalue weighted by Crippen LogP contribution is 2.30. The van der Waals surface area contributed by atoms with Crippen molar-refractivity contribution in [2.45, 2.75) is 17.7 Å². The van der Waals surface area contributed by atoms with Crippen molar-refractivity contribution in [3.05, 3.63) is 66.2 Å². The van der Waals surface area contributed by atoms with E-state index in [9.17, 15) is 13.2 Å². The van der Waals surface area contributed by atoms with Crippen LogP contribution in [0.2, 0.25) is 5.02 Å². The van der Waals surface area contributed by atoms with Crippen LogP contribution in [0.15, 0.2) is 66.1 Å². The van der Waals surface area contributed by atoms with Gasteiger partial charge in [-0.15, -0.1) is 0 Å². The largest absolute Gasteiger partial charge is 0.324 e. The minimum atomic E-state index is -3.55. The first kappa shape index (κ1) is 20.5. The number of nitrogens with one attached hydrogen (secondary N) is 1. The third-order valence-corrected chi connectivity index (χ3v) is 7.32. The summed E-state index contributed by atoms with van der Waals surface area (Å²) >= 11 is 6.30. The average Bonchev–Trinajstić information content (AvgIpc) is 3.29. The Labute approximate surface area is 179 Å². The maximum absolute atomic E-state index is 12.9. The highest BCUT2D eigenvalue weighted by Gasteiger charge is 2.32. The zero-order valence-corrected chi connectivity index (χ0v) is 17.6. The molecule has 1 aliphatic heterocycles. The summed E-state index contributed by atoms with van der Waals surface area (Å²) in [5.41, 5.74) is 1.06. The molecule has 0 unspecified atom stereocenters. The van der Waals surface area contributed by atoms with Gasteiger partial charge in [-0.25, -0.2) is 18.1 Å². The van der Waals surface area contributed by atoms with Crippen LogP contribution in [0.1, 0.15) is 12.8 Å². The number of anilines is 1. The van der Waals surface area contributed by atoms with Crippen LogP contribution in [0, 0.1) is 5.92 Å². The molecule has 0 atom stereocenters. The molecular formula is C20H20ClN5O3S. The normalized spacial score (nSPS) is 15.8. The van der Waals surface area contributed by atoms with Crippen molar-refractivity contribution in [2.24, 2.45) is 5.92 Å². The number of amides is 1. The quantitative estimate of drug-likeness (QED) is 0.651. The van der Waals surface area contributed by atoms with E-state index in [2.05, 4.69) is 15.4 Å². The fraction of sp³-hybridized carbons (Fsp3) is 0.250. The minimum absolute atomic E-state index is 0.171. The van der Waals surface area contributed by atoms with E-state index in [4.69, 9.17) is 11.6 Å². The summed E-state index contributed by atoms with van der Waals surface area (Å²) in [4.78, 5) is 17.1. The molecule has 0 aliphatic carbocycles. The van der Waals surface area contributed by atoms with E-state index < -0.39 is 10.0 Å². The third-order valence-electron chi connectivity index (χ3n) is 5.10. The van der Waals surface area contributed by atoms with Crippen LogP contribution < -0.4 is 5.32 Å². The van der Waals surface area contributed by atoms with E-state index in [1.54, 1.807) is 48.5 Å². The molecule has 156 valence electrons. The summed E-state index contributed by atoms with van der Waals surface area (Å²) in [6.45, 7) is 0.585. The second-order valence-corrected chi connectivity index (χ2v) is 9.30. The Hall–Kier alpha value is -2.75. The van der Waals surface area contributed by atoms with Gasteiger partial charge in [0.05, 0.1) is 15.6 Å². The highest BCUT2D eigenvalue weighted by atomic mass is 35.5. The molecule has 1 saturated heterocycles. The van der Waals surface area contributed by atoms with Crippen molar-refractivity contribution in [3.8, 4) is 5.69 Å². The number of halogens is 1. The van der Waals surface area contributed by atoms with Gasteiger partial charge in [0.25, 0.3) is 0 Å². The van der Waals surface area contributed by atoms with Gasteiger partial charge in [-0.1, -0.05) is 35.9 Å². The Morgan fingerprint density at radius 3 is 2.47 bits per heavy atom. The first-order valence-electron chi connectivity index (χ1n) is 9.46. The molecule has 2 aromatic carbocycles. The van der Waals surface area contributed by atoms with Gasteiger partial charge >= 0.3 is 0 Å². The number of aromatic nitrogens is 3. The van der Waals surface area contributed by atoms with E-state index in [0.717, 1.165) is 0 Å². The van der Waals surface area contributed by atoms with Crippen LogP contribution in [-0.4, -0.2) is 46.5 Å². The van der Waals surface area contributed by atoms with Crippen molar-refractivity contribution in [2.75, 3.05) is 18.4 Å². The fourth-order valence-electron chi connectivity index (χ4n) is 3.51. The summed E-state index contributed by atoms with van der Waals surface area (Å²) in [6, 6.07) is 13.5. The van der Waals surface area contributed by atoms with Gasteiger partial charge in [0, 0.05) is 19.0 Å². The van der Waals surface area contributed by atoms with Crippen LogP contribution in [-0.2, 0) is 14.8 Å². The molecule has 3 aromatic rings. The SMILES string of the molecule is O=C(Nc1cccc(Cl)c1-n1cncn1)C1CCN(S(=O)(=O)c2ccccc2)CC1. The number of hydrogen-bond acceptors (Lipinski definition) is 5. The number of para-hydroxylation sites is 1. The molecular weight excluding hydrogens is 426 g/mol. The van der Waals surface area contributed by atoms with Gasteiger partial charge < -0.3 is 5.32 Å². The van der Waals surface area contributed by atoms with Gasteiger partial charge in [-0.3, -0.25) is 4.79 Å². The van der Waals surface area contributed by atoms with Gasteiger partial charge in [0.2, 0.25) is 15.9 Å². The molecule has 2 heterocycles. The third kappa shape index (κ3) is 4.09. The van der Waals surface area contributed by atoms with Gasteiger partial charge in [0.1, 0.15) is 18.3 Å². The van der Waals surface area contributed by atoms with Crippen LogP contribution in [0.25, 0.3) is 5.69 Å². The molecule has 1 fully saturated rings. The second kappa shape index (κ2) is 8.55. The van der Waals surface area contributed by atoms with Gasteiger partial charge in [-0.05, 0) is 37.1 Å². The Balaban J connectivity index is 1.45. The molecule has 1 aromatic heterocycles. The Morgan fingerprint density at radius 2 is 1.80 bits per heavy atom. The number of carbonyl (C=O) groups is 1. The molecule has 1 aliphatic rings. The van der Waals surface area contributed by atoms with Gasteiger partial charge in [0.15, 0.2) is 0 Å². The lowest BCUT2D eigenvalue weighted by Crippen LogP contribution is -2.41. The Morgan fingerprint density at radius 1 is 1.07 bits per heavy atom. The molecule has 1 amide bonds. The summed E-state index contributed by atoms with van der Waals surface area (Å²) in [5.74, 6) is -0.467. The van der Waals surface area contributed by atoms with Crippen LogP contribution in [0.5, 0.6) is 0 Å². The summed E-state index contributed by atoms with van der Waals surface area (Å²) in [6.07, 6.45) is 3.77. The summed E-state index contributed by atoms with van der Waals surface area (Å²) < 4.78 is 28.5. The van der Waals surface area contributed by atoms with E-state index >= 15 is 0 Å². The molecule has 1 N–H and O–H groups in total. The minimum Gasteiger partial charge on any atom is -0.324 e. The standard InChI is InChI=1S/C20H20ClN5O3S/c21-17-7-4-8-18(19(17)26-14-22-13-23-26)24-20(27)15-9-11-25(12-10-15)30(28,29)16-5-2-1-3-6-16/h1-8,13-15H,9-12H2,(H,24,27). The van der Waals surface area contributed by atoms with E-state index in [-0.39, 0.29) is 16.7 Å². The number of hydrogen-bond donors (Lipinski definition) is 1. The molecule has 0 bridgehead atoms. The van der Waals surface area contributed by atoms with Crippen LogP contribution in [0.3, 0.4) is 0 Å². The maximum atomic E-state index is 12.9. The molecule has 0 spiro atoms. The Bertz CT molecular complexity index is 1130. The first-order valence-corrected chi connectivity index (χ1v) is 11.3. The predicted molar refractivity (Wildman–Crippen MR) is 113 cm³/mol. The zero-order valence-electron chi connectivity index (χ0n) is 16.0. The molecule has 30 heavy (non-hydrogen) atoms. The van der Waals surface area contributed by atoms with Gasteiger partial charge in [-0.2, -0.15) is 9.40 Å². The average molecular weight is 446 g/mol. The monoisotopic (exact) mass is 445 g/mol. The number of sulfonamides is 1. The predicted octanol–water partition coefficient (Wildman–Crippen LogP) is 2.96. The first-order chi connectivity index (χ1) is 14.5. The number of benzene rings is 2. The molecule has 0 radical (unpaired) electrons. The van der Waals surface area contributed by atoms with Crippen molar-refractivity contribution in [1.29, 1.82) is 0 Å². The number of piperidine rings is 1. The number of nitrogens with zero attached hydrogens (tertiary/aromatic N) is 4. The van der Waals surface area contributed by atoms with Crippen molar-refractivity contribution < 1.29 is 13.2 Å². The Kier molecular flexibility index (Phi) is 5.85. The molecule has 10 heteroatoms. The lowest BCUT2D eigenvalue weighted by atomic mass is 9.97. The topological polar surface area (TPSA) is 97.2 Å². The highest BCUT2D eigenvalue weighted by molar-refractivity contribution is 7.89. The van der Waals surface area contributed by atoms with Crippen LogP contribution in [0.4, 0.5) is 5.69 Å². The number of carbonyl (C=O) groups excluding carboxylic acids is 1. The molecule has 0 saturated carbocycles. The number of rotatable bonds is 5. The second-order valence-electron chi connectivity index (χ2n) is 6.96. The van der Waals surface area contributed by atoms with E-state index in [0.29, 0.717) is 42.3 Å². The summed E-state index contributed by atoms with van der Waals surface area (Å²) in [5, 5.41) is 7.44. The van der Waals surface area contributed by atoms with E-state index in [1.165, 1.54) is 21.6 Å². The fourth-order valence-corrected chi connectivity index (χ4v) is 5.26. The maximum Gasteiger partial charge on any atom is 0.243 e. The smallest absolute Gasteiger partial charge is 0.243 e. The lowest BCUT2D eigenvalue weighted by molar-refractivity contribution is -0.120. The molecule has 4 rings (SSSR count). The zero-order chi connectivity index (χ0) is 21.1. The van der Waals surface area contributed by atoms with Crippen molar-refractivity contribution in [1.82, 2.24) is 19.1 Å². The molecule has 8 nitrogen and oxygen atoms in total. The van der Waals surface area contributed by atoms with E-state index in [1.807, 2.05) is 0 Å². The van der Waals surface area contributed by atoms with Crippen molar-refractivity contribution in [3.63, 3.8) is 0 Å².